The second-order valence-corrected chi connectivity index (χ2v) is 4.30. The smallest absolute Gasteiger partial charge is 0.291 e. The molecule has 0 aromatic carbocycles. The van der Waals surface area contributed by atoms with Crippen LogP contribution in [0.25, 0.3) is 0 Å². The van der Waals surface area contributed by atoms with Gasteiger partial charge < -0.3 is 4.90 Å². The zero-order valence-electron chi connectivity index (χ0n) is 8.97. The molecule has 0 atom stereocenters. The van der Waals surface area contributed by atoms with E-state index in [2.05, 4.69) is 20.2 Å². The van der Waals surface area contributed by atoms with Crippen molar-refractivity contribution in [2.75, 3.05) is 7.05 Å². The van der Waals surface area contributed by atoms with Crippen molar-refractivity contribution in [3.8, 4) is 0 Å². The lowest BCUT2D eigenvalue weighted by Gasteiger charge is -2.14. The zero-order chi connectivity index (χ0) is 11.5. The van der Waals surface area contributed by atoms with Crippen LogP contribution in [0.1, 0.15) is 21.2 Å². The summed E-state index contributed by atoms with van der Waals surface area (Å²) >= 11 is 1.54. The number of hydrogen-bond acceptors (Lipinski definition) is 5. The van der Waals surface area contributed by atoms with E-state index in [1.54, 1.807) is 28.8 Å². The molecule has 0 aliphatic rings. The number of aromatic amines is 1. The van der Waals surface area contributed by atoms with Crippen LogP contribution in [0.5, 0.6) is 0 Å². The van der Waals surface area contributed by atoms with Crippen LogP contribution in [0.15, 0.2) is 11.8 Å². The van der Waals surface area contributed by atoms with E-state index in [0.717, 1.165) is 10.6 Å². The van der Waals surface area contributed by atoms with Crippen LogP contribution in [-0.4, -0.2) is 38.0 Å². The molecule has 1 N–H and O–H groups in total. The topological polar surface area (TPSA) is 74.8 Å². The number of thiazole rings is 1. The van der Waals surface area contributed by atoms with Crippen molar-refractivity contribution in [1.29, 1.82) is 0 Å². The van der Waals surface area contributed by atoms with Crippen molar-refractivity contribution in [2.45, 2.75) is 13.5 Å². The Labute approximate surface area is 96.3 Å². The maximum Gasteiger partial charge on any atom is 0.291 e. The Morgan fingerprint density at radius 1 is 1.56 bits per heavy atom. The molecule has 2 heterocycles. The molecule has 0 aliphatic carbocycles. The summed E-state index contributed by atoms with van der Waals surface area (Å²) in [7, 11) is 1.73. The summed E-state index contributed by atoms with van der Waals surface area (Å²) in [6, 6.07) is 0. The maximum absolute atomic E-state index is 11.8. The van der Waals surface area contributed by atoms with E-state index in [9.17, 15) is 4.79 Å². The van der Waals surface area contributed by atoms with Crippen molar-refractivity contribution in [3.05, 3.63) is 28.2 Å². The van der Waals surface area contributed by atoms with E-state index in [-0.39, 0.29) is 11.7 Å². The van der Waals surface area contributed by atoms with Gasteiger partial charge in [0.25, 0.3) is 5.91 Å². The van der Waals surface area contributed by atoms with E-state index >= 15 is 0 Å². The van der Waals surface area contributed by atoms with E-state index in [1.165, 1.54) is 6.33 Å². The molecule has 0 saturated heterocycles. The second-order valence-electron chi connectivity index (χ2n) is 3.36. The largest absolute Gasteiger partial charge is 0.334 e. The minimum Gasteiger partial charge on any atom is -0.334 e. The zero-order valence-corrected chi connectivity index (χ0v) is 9.78. The highest BCUT2D eigenvalue weighted by molar-refractivity contribution is 7.09. The average molecular weight is 237 g/mol. The molecule has 2 aromatic heterocycles. The lowest BCUT2D eigenvalue weighted by atomic mass is 10.3. The molecule has 7 heteroatoms. The van der Waals surface area contributed by atoms with Gasteiger partial charge in [-0.2, -0.15) is 5.10 Å². The molecular weight excluding hydrogens is 226 g/mol. The van der Waals surface area contributed by atoms with Crippen LogP contribution in [0.4, 0.5) is 0 Å². The molecule has 0 spiro atoms. The summed E-state index contributed by atoms with van der Waals surface area (Å²) in [5.41, 5.74) is 2.74. The average Bonchev–Trinajstić information content (AvgIpc) is 2.89. The standard InChI is InChI=1S/C9H11N5OS/c1-6-7(16-5-11-6)3-14(2)9(15)8-10-4-12-13-8/h4-5H,3H2,1-2H3,(H,10,12,13). The lowest BCUT2D eigenvalue weighted by molar-refractivity contribution is 0.0774. The molecule has 0 radical (unpaired) electrons. The Hall–Kier alpha value is -1.76. The fourth-order valence-corrected chi connectivity index (χ4v) is 2.08. The lowest BCUT2D eigenvalue weighted by Crippen LogP contribution is -2.27. The summed E-state index contributed by atoms with van der Waals surface area (Å²) in [5, 5.41) is 6.19. The number of nitrogens with zero attached hydrogens (tertiary/aromatic N) is 4. The third kappa shape index (κ3) is 2.08. The third-order valence-electron chi connectivity index (χ3n) is 2.19. The number of carbonyl (C=O) groups is 1. The molecule has 1 amide bonds. The SMILES string of the molecule is Cc1ncsc1CN(C)C(=O)c1ncn[nH]1. The molecule has 2 rings (SSSR count). The van der Waals surface area contributed by atoms with Gasteiger partial charge in [-0.05, 0) is 6.92 Å². The maximum atomic E-state index is 11.8. The number of hydrogen-bond donors (Lipinski definition) is 1. The first-order valence-electron chi connectivity index (χ1n) is 4.68. The van der Waals surface area contributed by atoms with E-state index in [1.807, 2.05) is 6.92 Å². The van der Waals surface area contributed by atoms with Gasteiger partial charge in [-0.15, -0.1) is 11.3 Å². The van der Waals surface area contributed by atoms with Crippen LogP contribution in [-0.2, 0) is 6.54 Å². The predicted octanol–water partition coefficient (Wildman–Crippen LogP) is 0.842. The van der Waals surface area contributed by atoms with E-state index < -0.39 is 0 Å². The Morgan fingerprint density at radius 2 is 2.38 bits per heavy atom. The summed E-state index contributed by atoms with van der Waals surface area (Å²) in [6.45, 7) is 2.47. The highest BCUT2D eigenvalue weighted by atomic mass is 32.1. The monoisotopic (exact) mass is 237 g/mol. The molecule has 6 nitrogen and oxygen atoms in total. The fraction of sp³-hybridized carbons (Fsp3) is 0.333. The first kappa shape index (κ1) is 10.7. The van der Waals surface area contributed by atoms with Crippen molar-refractivity contribution < 1.29 is 4.79 Å². The van der Waals surface area contributed by atoms with Crippen molar-refractivity contribution in [2.24, 2.45) is 0 Å². The quantitative estimate of drug-likeness (QED) is 0.858. The Bertz CT molecular complexity index is 478. The minimum absolute atomic E-state index is 0.176. The summed E-state index contributed by atoms with van der Waals surface area (Å²) in [4.78, 5) is 22.4. The number of H-pyrrole nitrogens is 1. The molecule has 0 bridgehead atoms. The third-order valence-corrected chi connectivity index (χ3v) is 3.11. The van der Waals surface area contributed by atoms with Gasteiger partial charge in [-0.25, -0.2) is 9.97 Å². The minimum atomic E-state index is -0.176. The number of nitrogens with one attached hydrogen (secondary N) is 1. The van der Waals surface area contributed by atoms with Crippen molar-refractivity contribution >= 4 is 17.2 Å². The Morgan fingerprint density at radius 3 is 2.94 bits per heavy atom. The van der Waals surface area contributed by atoms with Crippen LogP contribution in [0, 0.1) is 6.92 Å². The van der Waals surface area contributed by atoms with Gasteiger partial charge in [0.1, 0.15) is 6.33 Å². The van der Waals surface area contributed by atoms with Gasteiger partial charge in [-0.3, -0.25) is 9.89 Å². The molecule has 0 saturated carbocycles. The number of carbonyl (C=O) groups excluding carboxylic acids is 1. The molecule has 2 aromatic rings. The molecule has 0 unspecified atom stereocenters. The predicted molar refractivity (Wildman–Crippen MR) is 59.0 cm³/mol. The molecule has 0 fully saturated rings. The summed E-state index contributed by atoms with van der Waals surface area (Å²) < 4.78 is 0. The van der Waals surface area contributed by atoms with Crippen LogP contribution >= 0.6 is 11.3 Å². The van der Waals surface area contributed by atoms with E-state index in [4.69, 9.17) is 0 Å². The van der Waals surface area contributed by atoms with Gasteiger partial charge >= 0.3 is 0 Å². The first-order chi connectivity index (χ1) is 7.68. The van der Waals surface area contributed by atoms with Crippen LogP contribution in [0.3, 0.4) is 0 Å². The van der Waals surface area contributed by atoms with Crippen LogP contribution < -0.4 is 0 Å². The van der Waals surface area contributed by atoms with Crippen LogP contribution in [0.2, 0.25) is 0 Å². The highest BCUT2D eigenvalue weighted by Gasteiger charge is 2.16. The highest BCUT2D eigenvalue weighted by Crippen LogP contribution is 2.14. The van der Waals surface area contributed by atoms with Crippen molar-refractivity contribution in [1.82, 2.24) is 25.1 Å². The molecule has 0 aliphatic heterocycles. The van der Waals surface area contributed by atoms with Gasteiger partial charge in [-0.1, -0.05) is 0 Å². The van der Waals surface area contributed by atoms with Gasteiger partial charge in [0, 0.05) is 11.9 Å². The molecule has 16 heavy (non-hydrogen) atoms. The number of aryl methyl sites for hydroxylation is 1. The number of amides is 1. The number of aromatic nitrogens is 4. The second kappa shape index (κ2) is 4.40. The van der Waals surface area contributed by atoms with Crippen molar-refractivity contribution in [3.63, 3.8) is 0 Å². The molecular formula is C9H11N5OS. The number of rotatable bonds is 3. The molecule has 84 valence electrons. The first-order valence-corrected chi connectivity index (χ1v) is 5.56. The fourth-order valence-electron chi connectivity index (χ4n) is 1.25. The Balaban J connectivity index is 2.07. The Kier molecular flexibility index (Phi) is 2.95. The van der Waals surface area contributed by atoms with Gasteiger partial charge in [0.2, 0.25) is 5.82 Å². The summed E-state index contributed by atoms with van der Waals surface area (Å²) in [5.74, 6) is 0.0787. The van der Waals surface area contributed by atoms with Gasteiger partial charge in [0.05, 0.1) is 17.7 Å². The summed E-state index contributed by atoms with van der Waals surface area (Å²) in [6.07, 6.45) is 1.32. The normalized spacial score (nSPS) is 10.4. The van der Waals surface area contributed by atoms with E-state index in [0.29, 0.717) is 6.54 Å². The van der Waals surface area contributed by atoms with Gasteiger partial charge in [0.15, 0.2) is 0 Å².